The topological polar surface area (TPSA) is 18.5 Å². The molecule has 0 radical (unpaired) electrons. The summed E-state index contributed by atoms with van der Waals surface area (Å²) in [5, 5.41) is 0.709. The quantitative estimate of drug-likeness (QED) is 0.514. The van der Waals surface area contributed by atoms with Gasteiger partial charge in [0.05, 0.1) is 7.11 Å². The highest BCUT2D eigenvalue weighted by atomic mass is 79.9. The van der Waals surface area contributed by atoms with E-state index < -0.39 is 12.8 Å². The van der Waals surface area contributed by atoms with Crippen LogP contribution in [0.3, 0.4) is 0 Å². The summed E-state index contributed by atoms with van der Waals surface area (Å²) in [7, 11) is 1.61. The molecule has 1 atom stereocenters. The van der Waals surface area contributed by atoms with Gasteiger partial charge in [0.1, 0.15) is 12.4 Å². The van der Waals surface area contributed by atoms with E-state index >= 15 is 0 Å². The van der Waals surface area contributed by atoms with Crippen LogP contribution in [0.2, 0.25) is 0 Å². The summed E-state index contributed by atoms with van der Waals surface area (Å²) < 4.78 is 45.8. The maximum Gasteiger partial charge on any atom is 0.411 e. The van der Waals surface area contributed by atoms with E-state index in [0.717, 1.165) is 17.7 Å². The Morgan fingerprint density at radius 2 is 1.95 bits per heavy atom. The van der Waals surface area contributed by atoms with Crippen LogP contribution in [0.15, 0.2) is 24.3 Å². The van der Waals surface area contributed by atoms with Crippen LogP contribution in [0.5, 0.6) is 5.75 Å². The summed E-state index contributed by atoms with van der Waals surface area (Å²) in [6, 6.07) is 7.65. The van der Waals surface area contributed by atoms with Gasteiger partial charge in [-0.05, 0) is 30.4 Å². The van der Waals surface area contributed by atoms with Gasteiger partial charge in [0, 0.05) is 11.9 Å². The average Bonchev–Trinajstić information content (AvgIpc) is 2.41. The summed E-state index contributed by atoms with van der Waals surface area (Å²) in [5.41, 5.74) is 1.05. The first-order chi connectivity index (χ1) is 9.46. The summed E-state index contributed by atoms with van der Waals surface area (Å²) in [4.78, 5) is 0. The molecule has 0 aliphatic carbocycles. The second kappa shape index (κ2) is 8.52. The summed E-state index contributed by atoms with van der Waals surface area (Å²) in [6.45, 7) is -1.08. The Hall–Kier alpha value is -0.750. The van der Waals surface area contributed by atoms with Gasteiger partial charge in [0.2, 0.25) is 0 Å². The fraction of sp³-hybridized carbons (Fsp3) is 0.571. The molecular formula is C14H18BrF3O2. The Morgan fingerprint density at radius 3 is 2.55 bits per heavy atom. The molecule has 2 nitrogen and oxygen atoms in total. The van der Waals surface area contributed by atoms with Crippen LogP contribution in [0.25, 0.3) is 0 Å². The minimum absolute atomic E-state index is 0.102. The Kier molecular flexibility index (Phi) is 7.37. The molecule has 0 amide bonds. The summed E-state index contributed by atoms with van der Waals surface area (Å²) in [5.74, 6) is 1.01. The Balaban J connectivity index is 2.43. The number of para-hydroxylation sites is 1. The SMILES string of the molecule is COc1ccccc1CC(CBr)CCOCC(F)(F)F. The maximum atomic E-state index is 12.0. The van der Waals surface area contributed by atoms with Gasteiger partial charge in [0.25, 0.3) is 0 Å². The third kappa shape index (κ3) is 6.61. The van der Waals surface area contributed by atoms with Crippen molar-refractivity contribution in [2.75, 3.05) is 25.7 Å². The maximum absolute atomic E-state index is 12.0. The first kappa shape index (κ1) is 17.3. The van der Waals surface area contributed by atoms with Crippen LogP contribution in [-0.4, -0.2) is 31.8 Å². The monoisotopic (exact) mass is 354 g/mol. The van der Waals surface area contributed by atoms with E-state index in [2.05, 4.69) is 20.7 Å². The third-order valence-corrected chi connectivity index (χ3v) is 3.77. The van der Waals surface area contributed by atoms with E-state index in [1.54, 1.807) is 7.11 Å². The van der Waals surface area contributed by atoms with Gasteiger partial charge in [-0.15, -0.1) is 0 Å². The predicted molar refractivity (Wildman–Crippen MR) is 75.5 cm³/mol. The Morgan fingerprint density at radius 1 is 1.25 bits per heavy atom. The number of ether oxygens (including phenoxy) is 2. The van der Waals surface area contributed by atoms with Gasteiger partial charge in [-0.2, -0.15) is 13.2 Å². The zero-order chi connectivity index (χ0) is 15.0. The van der Waals surface area contributed by atoms with Gasteiger partial charge < -0.3 is 9.47 Å². The fourth-order valence-electron chi connectivity index (χ4n) is 1.85. The minimum atomic E-state index is -4.26. The van der Waals surface area contributed by atoms with Crippen molar-refractivity contribution in [3.8, 4) is 5.75 Å². The van der Waals surface area contributed by atoms with Crippen molar-refractivity contribution >= 4 is 15.9 Å². The van der Waals surface area contributed by atoms with Gasteiger partial charge in [-0.25, -0.2) is 0 Å². The predicted octanol–water partition coefficient (Wildman–Crippen LogP) is 4.22. The smallest absolute Gasteiger partial charge is 0.411 e. The molecule has 0 bridgehead atoms. The number of benzene rings is 1. The highest BCUT2D eigenvalue weighted by Gasteiger charge is 2.27. The van der Waals surface area contributed by atoms with Crippen LogP contribution < -0.4 is 4.74 Å². The number of rotatable bonds is 8. The van der Waals surface area contributed by atoms with Crippen molar-refractivity contribution in [2.24, 2.45) is 5.92 Å². The lowest BCUT2D eigenvalue weighted by atomic mass is 9.98. The van der Waals surface area contributed by atoms with E-state index in [0.29, 0.717) is 11.8 Å². The Bertz CT molecular complexity index is 396. The first-order valence-electron chi connectivity index (χ1n) is 6.28. The van der Waals surface area contributed by atoms with E-state index in [4.69, 9.17) is 4.74 Å². The van der Waals surface area contributed by atoms with Crippen molar-refractivity contribution in [1.29, 1.82) is 0 Å². The van der Waals surface area contributed by atoms with Gasteiger partial charge >= 0.3 is 6.18 Å². The molecule has 1 aromatic rings. The Labute approximate surface area is 125 Å². The second-order valence-electron chi connectivity index (χ2n) is 4.49. The third-order valence-electron chi connectivity index (χ3n) is 2.86. The highest BCUT2D eigenvalue weighted by Crippen LogP contribution is 2.23. The lowest BCUT2D eigenvalue weighted by Gasteiger charge is -2.16. The number of hydrogen-bond donors (Lipinski definition) is 0. The molecule has 20 heavy (non-hydrogen) atoms. The normalized spacial score (nSPS) is 13.2. The van der Waals surface area contributed by atoms with E-state index in [1.165, 1.54) is 0 Å². The molecule has 0 saturated carbocycles. The van der Waals surface area contributed by atoms with Crippen molar-refractivity contribution in [3.63, 3.8) is 0 Å². The van der Waals surface area contributed by atoms with Crippen LogP contribution in [-0.2, 0) is 11.2 Å². The van der Waals surface area contributed by atoms with Crippen molar-refractivity contribution in [2.45, 2.75) is 19.0 Å². The summed E-state index contributed by atoms with van der Waals surface area (Å²) >= 11 is 3.39. The standard InChI is InChI=1S/C14H18BrF3O2/c1-19-13-5-3-2-4-12(13)8-11(9-15)6-7-20-10-14(16,17)18/h2-5,11H,6-10H2,1H3. The number of hydrogen-bond acceptors (Lipinski definition) is 2. The average molecular weight is 355 g/mol. The number of methoxy groups -OCH3 is 1. The van der Waals surface area contributed by atoms with Gasteiger partial charge in [-0.1, -0.05) is 34.1 Å². The lowest BCUT2D eigenvalue weighted by Crippen LogP contribution is -2.19. The molecule has 1 aromatic carbocycles. The van der Waals surface area contributed by atoms with Crippen LogP contribution in [0.1, 0.15) is 12.0 Å². The molecule has 114 valence electrons. The molecule has 6 heteroatoms. The van der Waals surface area contributed by atoms with E-state index in [-0.39, 0.29) is 12.5 Å². The molecular weight excluding hydrogens is 337 g/mol. The molecule has 1 rings (SSSR count). The first-order valence-corrected chi connectivity index (χ1v) is 7.40. The van der Waals surface area contributed by atoms with Crippen molar-refractivity contribution in [1.82, 2.24) is 0 Å². The van der Waals surface area contributed by atoms with Crippen molar-refractivity contribution < 1.29 is 22.6 Å². The second-order valence-corrected chi connectivity index (χ2v) is 5.14. The molecule has 0 spiro atoms. The summed E-state index contributed by atoms with van der Waals surface area (Å²) in [6.07, 6.45) is -2.95. The zero-order valence-electron chi connectivity index (χ0n) is 11.3. The molecule has 0 fully saturated rings. The van der Waals surface area contributed by atoms with Crippen molar-refractivity contribution in [3.05, 3.63) is 29.8 Å². The minimum Gasteiger partial charge on any atom is -0.496 e. The van der Waals surface area contributed by atoms with Crippen LogP contribution in [0, 0.1) is 5.92 Å². The van der Waals surface area contributed by atoms with Gasteiger partial charge in [0.15, 0.2) is 0 Å². The van der Waals surface area contributed by atoms with E-state index in [1.807, 2.05) is 24.3 Å². The largest absolute Gasteiger partial charge is 0.496 e. The highest BCUT2D eigenvalue weighted by molar-refractivity contribution is 9.09. The molecule has 0 aliphatic heterocycles. The van der Waals surface area contributed by atoms with Gasteiger partial charge in [-0.3, -0.25) is 0 Å². The zero-order valence-corrected chi connectivity index (χ0v) is 12.8. The molecule has 0 heterocycles. The fourth-order valence-corrected chi connectivity index (χ4v) is 2.41. The van der Waals surface area contributed by atoms with Crippen LogP contribution >= 0.6 is 15.9 Å². The lowest BCUT2D eigenvalue weighted by molar-refractivity contribution is -0.174. The number of halogens is 4. The molecule has 0 saturated heterocycles. The molecule has 0 aliphatic rings. The molecule has 0 aromatic heterocycles. The van der Waals surface area contributed by atoms with Crippen LogP contribution in [0.4, 0.5) is 13.2 Å². The molecule has 1 unspecified atom stereocenters. The molecule has 0 N–H and O–H groups in total. The van der Waals surface area contributed by atoms with E-state index in [9.17, 15) is 13.2 Å². The number of alkyl halides is 4.